The van der Waals surface area contributed by atoms with Gasteiger partial charge in [0.2, 0.25) is 0 Å². The fourth-order valence-electron chi connectivity index (χ4n) is 1.89. The lowest BCUT2D eigenvalue weighted by molar-refractivity contribution is -0.149. The van der Waals surface area contributed by atoms with E-state index in [1.807, 2.05) is 0 Å². The molecule has 94 valence electrons. The van der Waals surface area contributed by atoms with Crippen molar-refractivity contribution in [2.24, 2.45) is 0 Å². The van der Waals surface area contributed by atoms with Gasteiger partial charge in [0.05, 0.1) is 13.2 Å². The lowest BCUT2D eigenvalue weighted by Crippen LogP contribution is -2.51. The van der Waals surface area contributed by atoms with Crippen LogP contribution in [0.15, 0.2) is 9.59 Å². The maximum atomic E-state index is 11.5. The lowest BCUT2D eigenvalue weighted by Gasteiger charge is -2.36. The van der Waals surface area contributed by atoms with Gasteiger partial charge in [-0.15, -0.1) is 0 Å². The highest BCUT2D eigenvalue weighted by Gasteiger charge is 2.36. The first kappa shape index (κ1) is 12.0. The summed E-state index contributed by atoms with van der Waals surface area (Å²) in [6.07, 6.45) is 0.130. The molecule has 7 nitrogen and oxygen atoms in total. The SMILES string of the molecule is Cc1c2n(c(=O)[nH]c1=O)COC(CO)(CO)C2. The van der Waals surface area contributed by atoms with Crippen LogP contribution in [0.4, 0.5) is 0 Å². The van der Waals surface area contributed by atoms with E-state index in [2.05, 4.69) is 4.98 Å². The zero-order chi connectivity index (χ0) is 12.6. The van der Waals surface area contributed by atoms with Gasteiger partial charge in [0.1, 0.15) is 12.3 Å². The monoisotopic (exact) mass is 242 g/mol. The molecule has 17 heavy (non-hydrogen) atoms. The molecule has 0 saturated heterocycles. The molecule has 2 heterocycles. The maximum absolute atomic E-state index is 11.5. The Morgan fingerprint density at radius 1 is 1.41 bits per heavy atom. The summed E-state index contributed by atoms with van der Waals surface area (Å²) in [6.45, 7) is 0.760. The van der Waals surface area contributed by atoms with Crippen molar-refractivity contribution in [1.29, 1.82) is 0 Å². The normalized spacial score (nSPS) is 17.8. The molecule has 0 radical (unpaired) electrons. The summed E-state index contributed by atoms with van der Waals surface area (Å²) in [5.74, 6) is 0. The van der Waals surface area contributed by atoms with E-state index in [1.165, 1.54) is 4.57 Å². The summed E-state index contributed by atoms with van der Waals surface area (Å²) in [6, 6.07) is 0. The third-order valence-corrected chi connectivity index (χ3v) is 3.13. The number of rotatable bonds is 2. The molecule has 3 N–H and O–H groups in total. The molecular formula is C10H14N2O5. The number of nitrogens with one attached hydrogen (secondary N) is 1. The van der Waals surface area contributed by atoms with Gasteiger partial charge < -0.3 is 14.9 Å². The highest BCUT2D eigenvalue weighted by molar-refractivity contribution is 5.19. The van der Waals surface area contributed by atoms with Crippen molar-refractivity contribution in [1.82, 2.24) is 9.55 Å². The van der Waals surface area contributed by atoms with Crippen molar-refractivity contribution in [3.8, 4) is 0 Å². The van der Waals surface area contributed by atoms with Gasteiger partial charge in [-0.2, -0.15) is 0 Å². The summed E-state index contributed by atoms with van der Waals surface area (Å²) in [4.78, 5) is 25.2. The number of aliphatic hydroxyl groups excluding tert-OH is 2. The van der Waals surface area contributed by atoms with E-state index in [4.69, 9.17) is 4.74 Å². The van der Waals surface area contributed by atoms with Gasteiger partial charge in [0, 0.05) is 17.7 Å². The second-order valence-electron chi connectivity index (χ2n) is 4.21. The number of H-pyrrole nitrogens is 1. The van der Waals surface area contributed by atoms with E-state index in [9.17, 15) is 19.8 Å². The molecular weight excluding hydrogens is 228 g/mol. The number of fused-ring (bicyclic) bond motifs is 1. The summed E-state index contributed by atoms with van der Waals surface area (Å²) in [7, 11) is 0. The zero-order valence-electron chi connectivity index (χ0n) is 9.39. The van der Waals surface area contributed by atoms with Crippen LogP contribution in [-0.4, -0.2) is 38.6 Å². The van der Waals surface area contributed by atoms with Crippen LogP contribution in [0, 0.1) is 6.92 Å². The number of hydrogen-bond acceptors (Lipinski definition) is 5. The van der Waals surface area contributed by atoms with E-state index in [1.54, 1.807) is 6.92 Å². The second-order valence-corrected chi connectivity index (χ2v) is 4.21. The quantitative estimate of drug-likeness (QED) is 0.562. The van der Waals surface area contributed by atoms with Gasteiger partial charge >= 0.3 is 5.69 Å². The summed E-state index contributed by atoms with van der Waals surface area (Å²) in [5, 5.41) is 18.5. The highest BCUT2D eigenvalue weighted by Crippen LogP contribution is 2.23. The highest BCUT2D eigenvalue weighted by atomic mass is 16.5. The molecule has 0 bridgehead atoms. The van der Waals surface area contributed by atoms with Crippen LogP contribution >= 0.6 is 0 Å². The zero-order valence-corrected chi connectivity index (χ0v) is 9.39. The van der Waals surface area contributed by atoms with Crippen LogP contribution in [0.2, 0.25) is 0 Å². The Morgan fingerprint density at radius 3 is 2.65 bits per heavy atom. The van der Waals surface area contributed by atoms with Gasteiger partial charge in [-0.3, -0.25) is 14.3 Å². The molecule has 0 aromatic carbocycles. The molecule has 1 aliphatic rings. The smallest absolute Gasteiger partial charge is 0.330 e. The number of aromatic nitrogens is 2. The Labute approximate surface area is 96.3 Å². The number of aromatic amines is 1. The Balaban J connectivity index is 2.58. The van der Waals surface area contributed by atoms with Crippen molar-refractivity contribution in [2.45, 2.75) is 25.7 Å². The third kappa shape index (κ3) is 1.82. The van der Waals surface area contributed by atoms with Crippen LogP contribution < -0.4 is 11.2 Å². The van der Waals surface area contributed by atoms with E-state index >= 15 is 0 Å². The topological polar surface area (TPSA) is 105 Å². The molecule has 7 heteroatoms. The lowest BCUT2D eigenvalue weighted by atomic mass is 9.96. The molecule has 0 amide bonds. The first-order valence-electron chi connectivity index (χ1n) is 5.21. The number of aliphatic hydroxyl groups is 2. The van der Waals surface area contributed by atoms with Gasteiger partial charge in [-0.05, 0) is 6.92 Å². The third-order valence-electron chi connectivity index (χ3n) is 3.13. The van der Waals surface area contributed by atoms with Gasteiger partial charge in [0.15, 0.2) is 0 Å². The van der Waals surface area contributed by atoms with Crippen LogP contribution in [-0.2, 0) is 17.9 Å². The fraction of sp³-hybridized carbons (Fsp3) is 0.600. The van der Waals surface area contributed by atoms with Crippen LogP contribution in [0.3, 0.4) is 0 Å². The number of ether oxygens (including phenoxy) is 1. The molecule has 0 atom stereocenters. The van der Waals surface area contributed by atoms with Crippen molar-refractivity contribution < 1.29 is 14.9 Å². The van der Waals surface area contributed by atoms with Gasteiger partial charge in [-0.1, -0.05) is 0 Å². The summed E-state index contributed by atoms with van der Waals surface area (Å²) < 4.78 is 6.60. The molecule has 1 aromatic rings. The minimum Gasteiger partial charge on any atom is -0.393 e. The average molecular weight is 242 g/mol. The van der Waals surface area contributed by atoms with Crippen LogP contribution in [0.1, 0.15) is 11.3 Å². The van der Waals surface area contributed by atoms with E-state index in [0.717, 1.165) is 0 Å². The first-order valence-corrected chi connectivity index (χ1v) is 5.21. The van der Waals surface area contributed by atoms with Gasteiger partial charge in [0.25, 0.3) is 5.56 Å². The fourth-order valence-corrected chi connectivity index (χ4v) is 1.89. The minimum absolute atomic E-state index is 0.0904. The summed E-state index contributed by atoms with van der Waals surface area (Å²) in [5.41, 5.74) is -1.22. The molecule has 0 saturated carbocycles. The number of hydrogen-bond donors (Lipinski definition) is 3. The van der Waals surface area contributed by atoms with Crippen LogP contribution in [0.5, 0.6) is 0 Å². The predicted molar refractivity (Wildman–Crippen MR) is 57.8 cm³/mol. The summed E-state index contributed by atoms with van der Waals surface area (Å²) >= 11 is 0. The molecule has 0 unspecified atom stereocenters. The van der Waals surface area contributed by atoms with Crippen molar-refractivity contribution >= 4 is 0 Å². The van der Waals surface area contributed by atoms with Crippen molar-refractivity contribution in [3.05, 3.63) is 32.1 Å². The molecule has 1 aliphatic heterocycles. The molecule has 0 fully saturated rings. The van der Waals surface area contributed by atoms with E-state index in [0.29, 0.717) is 11.3 Å². The van der Waals surface area contributed by atoms with Crippen molar-refractivity contribution in [3.63, 3.8) is 0 Å². The van der Waals surface area contributed by atoms with E-state index in [-0.39, 0.29) is 26.4 Å². The van der Waals surface area contributed by atoms with Crippen LogP contribution in [0.25, 0.3) is 0 Å². The van der Waals surface area contributed by atoms with Crippen molar-refractivity contribution in [2.75, 3.05) is 13.2 Å². The van der Waals surface area contributed by atoms with E-state index < -0.39 is 16.9 Å². The van der Waals surface area contributed by atoms with Gasteiger partial charge in [-0.25, -0.2) is 4.79 Å². The Kier molecular flexibility index (Phi) is 2.90. The average Bonchev–Trinajstić information content (AvgIpc) is 2.35. The second kappa shape index (κ2) is 4.10. The largest absolute Gasteiger partial charge is 0.393 e. The Morgan fingerprint density at radius 2 is 2.06 bits per heavy atom. The number of nitrogens with zero attached hydrogens (tertiary/aromatic N) is 1. The Bertz CT molecular complexity index is 541. The first-order chi connectivity index (χ1) is 8.03. The molecule has 0 spiro atoms. The molecule has 0 aliphatic carbocycles. The molecule has 2 rings (SSSR count). The standard InChI is InChI=1S/C10H14N2O5/c1-6-7-2-10(3-13,4-14)17-5-12(7)9(16)11-8(6)15/h13-14H,2-5H2,1H3,(H,11,15,16). The minimum atomic E-state index is -1.12. The maximum Gasteiger partial charge on any atom is 0.330 e. The molecule has 1 aromatic heterocycles. The predicted octanol–water partition coefficient (Wildman–Crippen LogP) is -1.90. The Hall–Kier alpha value is -1.44.